The molecular formula is C18H36CuN4O3+2. The van der Waals surface area contributed by atoms with Crippen LogP contribution in [0, 0.1) is 0 Å². The second-order valence-corrected chi connectivity index (χ2v) is 7.20. The molecule has 0 aromatic heterocycles. The summed E-state index contributed by atoms with van der Waals surface area (Å²) in [4.78, 5) is 10.3. The van der Waals surface area contributed by atoms with E-state index in [2.05, 4.69) is 19.6 Å². The first kappa shape index (κ1) is 22.5. The van der Waals surface area contributed by atoms with Gasteiger partial charge in [-0.25, -0.2) is 0 Å². The summed E-state index contributed by atoms with van der Waals surface area (Å²) in [7, 11) is 0. The normalized spacial score (nSPS) is 23.9. The van der Waals surface area contributed by atoms with E-state index in [0.29, 0.717) is 0 Å². The summed E-state index contributed by atoms with van der Waals surface area (Å²) in [5.74, 6) is 0. The number of ether oxygens (including phenoxy) is 3. The first-order valence-electron chi connectivity index (χ1n) is 10.0. The average molecular weight is 420 g/mol. The molecule has 3 aliphatic heterocycles. The van der Waals surface area contributed by atoms with Gasteiger partial charge in [-0.05, 0) is 0 Å². The van der Waals surface area contributed by atoms with Crippen molar-refractivity contribution >= 4 is 0 Å². The number of hydrogen-bond acceptors (Lipinski definition) is 7. The fraction of sp³-hybridized carbons (Fsp3) is 1.00. The van der Waals surface area contributed by atoms with Crippen LogP contribution >= 0.6 is 0 Å². The van der Waals surface area contributed by atoms with Gasteiger partial charge in [-0.15, -0.1) is 0 Å². The Bertz CT molecular complexity index is 297. The SMILES string of the molecule is C1CN(CCN(CCN2CCOCC2)CCN2CCOCC2)CCO1.[Cu+2]. The quantitative estimate of drug-likeness (QED) is 0.457. The molecule has 3 fully saturated rings. The van der Waals surface area contributed by atoms with Gasteiger partial charge in [0, 0.05) is 78.5 Å². The van der Waals surface area contributed by atoms with Gasteiger partial charge in [-0.2, -0.15) is 0 Å². The van der Waals surface area contributed by atoms with Crippen molar-refractivity contribution in [3.05, 3.63) is 0 Å². The van der Waals surface area contributed by atoms with Gasteiger partial charge in [-0.3, -0.25) is 19.6 Å². The molecule has 1 radical (unpaired) electrons. The predicted molar refractivity (Wildman–Crippen MR) is 98.2 cm³/mol. The molecule has 0 spiro atoms. The molecule has 0 atom stereocenters. The van der Waals surface area contributed by atoms with Gasteiger partial charge in [-0.1, -0.05) is 0 Å². The van der Waals surface area contributed by atoms with Crippen LogP contribution in [0.5, 0.6) is 0 Å². The molecule has 3 aliphatic rings. The van der Waals surface area contributed by atoms with Crippen LogP contribution in [-0.2, 0) is 31.3 Å². The summed E-state index contributed by atoms with van der Waals surface area (Å²) >= 11 is 0. The van der Waals surface area contributed by atoms with Gasteiger partial charge in [0.2, 0.25) is 0 Å². The minimum absolute atomic E-state index is 0. The Kier molecular flexibility index (Phi) is 11.6. The van der Waals surface area contributed by atoms with Crippen molar-refractivity contribution in [3.63, 3.8) is 0 Å². The molecule has 0 aliphatic carbocycles. The van der Waals surface area contributed by atoms with Gasteiger partial charge >= 0.3 is 17.1 Å². The van der Waals surface area contributed by atoms with E-state index in [4.69, 9.17) is 14.2 Å². The third kappa shape index (κ3) is 8.50. The van der Waals surface area contributed by atoms with Crippen LogP contribution in [0.4, 0.5) is 0 Å². The fourth-order valence-corrected chi connectivity index (χ4v) is 3.66. The molecule has 0 amide bonds. The zero-order valence-corrected chi connectivity index (χ0v) is 17.0. The van der Waals surface area contributed by atoms with E-state index in [-0.39, 0.29) is 17.1 Å². The molecule has 0 aromatic rings. The van der Waals surface area contributed by atoms with Crippen molar-refractivity contribution in [1.29, 1.82) is 0 Å². The maximum atomic E-state index is 5.47. The van der Waals surface area contributed by atoms with Crippen molar-refractivity contribution < 1.29 is 31.3 Å². The van der Waals surface area contributed by atoms with E-state index in [0.717, 1.165) is 118 Å². The minimum atomic E-state index is 0. The van der Waals surface area contributed by atoms with Crippen LogP contribution in [-0.4, -0.2) is 138 Å². The molecule has 0 N–H and O–H groups in total. The summed E-state index contributed by atoms with van der Waals surface area (Å²) in [5, 5.41) is 0. The Morgan fingerprint density at radius 1 is 0.500 bits per heavy atom. The van der Waals surface area contributed by atoms with E-state index in [1.54, 1.807) is 0 Å². The molecule has 0 bridgehead atoms. The second kappa shape index (κ2) is 13.4. The summed E-state index contributed by atoms with van der Waals surface area (Å²) in [6.07, 6.45) is 0. The third-order valence-electron chi connectivity index (χ3n) is 5.51. The van der Waals surface area contributed by atoms with E-state index < -0.39 is 0 Å². The van der Waals surface area contributed by atoms with Crippen molar-refractivity contribution in [2.45, 2.75) is 0 Å². The summed E-state index contributed by atoms with van der Waals surface area (Å²) < 4.78 is 16.4. The topological polar surface area (TPSA) is 40.7 Å². The molecule has 8 heteroatoms. The molecule has 0 aromatic carbocycles. The molecule has 0 saturated carbocycles. The monoisotopic (exact) mass is 419 g/mol. The summed E-state index contributed by atoms with van der Waals surface area (Å²) in [6, 6.07) is 0. The van der Waals surface area contributed by atoms with Crippen LogP contribution in [0.2, 0.25) is 0 Å². The number of hydrogen-bond donors (Lipinski definition) is 0. The third-order valence-corrected chi connectivity index (χ3v) is 5.51. The molecule has 3 saturated heterocycles. The van der Waals surface area contributed by atoms with Crippen LogP contribution in [0.1, 0.15) is 0 Å². The van der Waals surface area contributed by atoms with Crippen molar-refractivity contribution in [2.24, 2.45) is 0 Å². The van der Waals surface area contributed by atoms with Gasteiger partial charge < -0.3 is 14.2 Å². The van der Waals surface area contributed by atoms with Crippen LogP contribution < -0.4 is 0 Å². The Hall–Kier alpha value is 0.239. The maximum Gasteiger partial charge on any atom is 2.00 e. The molecule has 3 rings (SSSR count). The van der Waals surface area contributed by atoms with E-state index in [9.17, 15) is 0 Å². The van der Waals surface area contributed by atoms with Crippen LogP contribution in [0.25, 0.3) is 0 Å². The standard InChI is InChI=1S/C18H36N4O3.Cu/c1(4-20-7-13-23-14-8-20)19(2-5-21-9-15-24-16-10-21)3-6-22-11-17-25-18-12-22;/h1-18H2;/q;+2. The fourth-order valence-electron chi connectivity index (χ4n) is 3.66. The van der Waals surface area contributed by atoms with E-state index in [1.807, 2.05) is 0 Å². The Morgan fingerprint density at radius 3 is 1.04 bits per heavy atom. The van der Waals surface area contributed by atoms with Gasteiger partial charge in [0.25, 0.3) is 0 Å². The maximum absolute atomic E-state index is 5.47. The summed E-state index contributed by atoms with van der Waals surface area (Å²) in [5.41, 5.74) is 0. The molecule has 155 valence electrons. The van der Waals surface area contributed by atoms with Gasteiger partial charge in [0.05, 0.1) is 39.6 Å². The van der Waals surface area contributed by atoms with E-state index >= 15 is 0 Å². The molecule has 7 nitrogen and oxygen atoms in total. The number of rotatable bonds is 9. The zero-order valence-electron chi connectivity index (χ0n) is 16.0. The number of morpholine rings is 3. The largest absolute Gasteiger partial charge is 2.00 e. The van der Waals surface area contributed by atoms with E-state index in [1.165, 1.54) is 0 Å². The Labute approximate surface area is 169 Å². The molecular weight excluding hydrogens is 384 g/mol. The Balaban J connectivity index is 0.00000243. The van der Waals surface area contributed by atoms with Gasteiger partial charge in [0.15, 0.2) is 0 Å². The minimum Gasteiger partial charge on any atom is -0.379 e. The predicted octanol–water partition coefficient (Wildman–Crippen LogP) is -0.717. The zero-order chi connectivity index (χ0) is 17.2. The van der Waals surface area contributed by atoms with Crippen molar-refractivity contribution in [2.75, 3.05) is 118 Å². The smallest absolute Gasteiger partial charge is 0.379 e. The average Bonchev–Trinajstić information content (AvgIpc) is 2.70. The summed E-state index contributed by atoms with van der Waals surface area (Å²) in [6.45, 7) is 18.8. The van der Waals surface area contributed by atoms with Gasteiger partial charge in [0.1, 0.15) is 0 Å². The second-order valence-electron chi connectivity index (χ2n) is 7.20. The number of nitrogens with zero attached hydrogens (tertiary/aromatic N) is 4. The van der Waals surface area contributed by atoms with Crippen molar-refractivity contribution in [3.8, 4) is 0 Å². The molecule has 3 heterocycles. The van der Waals surface area contributed by atoms with Crippen LogP contribution in [0.15, 0.2) is 0 Å². The first-order chi connectivity index (χ1) is 12.4. The molecule has 0 unspecified atom stereocenters. The molecule has 26 heavy (non-hydrogen) atoms. The van der Waals surface area contributed by atoms with Crippen LogP contribution in [0.3, 0.4) is 0 Å². The Morgan fingerprint density at radius 2 is 0.769 bits per heavy atom. The van der Waals surface area contributed by atoms with Crippen molar-refractivity contribution in [1.82, 2.24) is 19.6 Å². The first-order valence-corrected chi connectivity index (χ1v) is 10.0.